The quantitative estimate of drug-likeness (QED) is 0.712. The molecule has 4 heteroatoms. The third-order valence-electron chi connectivity index (χ3n) is 4.12. The minimum Gasteiger partial charge on any atom is -0.383 e. The fraction of sp³-hybridized carbons (Fsp3) is 0.211. The number of aromatic nitrogens is 1. The minimum atomic E-state index is -1.13. The fourth-order valence-corrected chi connectivity index (χ4v) is 2.99. The topological polar surface area (TPSA) is 56.3 Å². The first-order valence-electron chi connectivity index (χ1n) is 7.59. The van der Waals surface area contributed by atoms with E-state index in [-0.39, 0.29) is 5.78 Å². The van der Waals surface area contributed by atoms with Crippen LogP contribution in [0.3, 0.4) is 0 Å². The zero-order chi connectivity index (χ0) is 16.4. The zero-order valence-electron chi connectivity index (χ0n) is 13.2. The van der Waals surface area contributed by atoms with Crippen molar-refractivity contribution in [2.24, 2.45) is 0 Å². The van der Waals surface area contributed by atoms with Gasteiger partial charge in [-0.15, -0.1) is 0 Å². The van der Waals surface area contributed by atoms with Gasteiger partial charge in [-0.3, -0.25) is 9.69 Å². The number of hydrogen-bond donors (Lipinski definition) is 2. The number of Topliss-reactive ketones (excluding diaryl/α,β-unsaturated/α-hetero) is 1. The van der Waals surface area contributed by atoms with Gasteiger partial charge in [0.15, 0.2) is 5.78 Å². The van der Waals surface area contributed by atoms with Crippen LogP contribution in [0.2, 0.25) is 0 Å². The number of carbonyl (C=O) groups excluding carboxylic acids is 1. The number of ketones is 1. The van der Waals surface area contributed by atoms with Crippen LogP contribution in [0.4, 0.5) is 0 Å². The predicted molar refractivity (Wildman–Crippen MR) is 91.5 cm³/mol. The molecule has 0 saturated carbocycles. The SMILES string of the molecule is CN(C)C(c1ccccc1)C(O)C(=O)c1c[nH]c2ccccc12. The van der Waals surface area contributed by atoms with Crippen LogP contribution in [0.15, 0.2) is 60.8 Å². The summed E-state index contributed by atoms with van der Waals surface area (Å²) in [6.45, 7) is 0. The van der Waals surface area contributed by atoms with Gasteiger partial charge in [0.25, 0.3) is 0 Å². The van der Waals surface area contributed by atoms with E-state index in [1.165, 1.54) is 0 Å². The molecule has 0 radical (unpaired) electrons. The molecule has 1 heterocycles. The van der Waals surface area contributed by atoms with Gasteiger partial charge in [0.05, 0.1) is 6.04 Å². The Balaban J connectivity index is 1.97. The Morgan fingerprint density at radius 3 is 2.39 bits per heavy atom. The first-order chi connectivity index (χ1) is 11.1. The number of nitrogens with one attached hydrogen (secondary N) is 1. The van der Waals surface area contributed by atoms with E-state index in [0.717, 1.165) is 16.5 Å². The second kappa shape index (κ2) is 6.36. The normalized spacial score (nSPS) is 14.1. The van der Waals surface area contributed by atoms with Gasteiger partial charge in [0.2, 0.25) is 0 Å². The molecular formula is C19H20N2O2. The minimum absolute atomic E-state index is 0.273. The molecule has 23 heavy (non-hydrogen) atoms. The number of likely N-dealkylation sites (N-methyl/N-ethyl adjacent to an activating group) is 1. The number of nitrogens with zero attached hydrogens (tertiary/aromatic N) is 1. The largest absolute Gasteiger partial charge is 0.383 e. The van der Waals surface area contributed by atoms with Crippen LogP contribution in [0.1, 0.15) is 22.0 Å². The van der Waals surface area contributed by atoms with Gasteiger partial charge < -0.3 is 10.1 Å². The van der Waals surface area contributed by atoms with Gasteiger partial charge in [-0.25, -0.2) is 0 Å². The van der Waals surface area contributed by atoms with Crippen LogP contribution < -0.4 is 0 Å². The lowest BCUT2D eigenvalue weighted by Crippen LogP contribution is -2.36. The number of aliphatic hydroxyl groups excluding tert-OH is 1. The van der Waals surface area contributed by atoms with Crippen LogP contribution in [0, 0.1) is 0 Å². The fourth-order valence-electron chi connectivity index (χ4n) is 2.99. The Kier molecular flexibility index (Phi) is 4.28. The lowest BCUT2D eigenvalue weighted by molar-refractivity contribution is 0.0507. The molecule has 2 atom stereocenters. The highest BCUT2D eigenvalue weighted by Crippen LogP contribution is 2.27. The number of H-pyrrole nitrogens is 1. The highest BCUT2D eigenvalue weighted by molar-refractivity contribution is 6.10. The zero-order valence-corrected chi connectivity index (χ0v) is 13.2. The Bertz CT molecular complexity index is 808. The summed E-state index contributed by atoms with van der Waals surface area (Å²) in [7, 11) is 3.73. The Labute approximate surface area is 135 Å². The van der Waals surface area contributed by atoms with Gasteiger partial charge in [-0.1, -0.05) is 48.5 Å². The van der Waals surface area contributed by atoms with Crippen LogP contribution >= 0.6 is 0 Å². The molecule has 3 rings (SSSR count). The summed E-state index contributed by atoms with van der Waals surface area (Å²) in [5.74, 6) is -0.273. The van der Waals surface area contributed by atoms with E-state index in [2.05, 4.69) is 4.98 Å². The molecule has 2 aromatic carbocycles. The summed E-state index contributed by atoms with van der Waals surface area (Å²) in [5, 5.41) is 11.6. The standard InChI is InChI=1S/C19H20N2O2/c1-21(2)17(13-8-4-3-5-9-13)19(23)18(22)15-12-20-16-11-7-6-10-14(15)16/h3-12,17,19-20,23H,1-2H3. The van der Waals surface area contributed by atoms with E-state index in [0.29, 0.717) is 5.56 Å². The molecule has 0 saturated heterocycles. The van der Waals surface area contributed by atoms with Crippen molar-refractivity contribution in [2.45, 2.75) is 12.1 Å². The number of hydrogen-bond acceptors (Lipinski definition) is 3. The van der Waals surface area contributed by atoms with E-state index >= 15 is 0 Å². The Morgan fingerprint density at radius 2 is 1.70 bits per heavy atom. The highest BCUT2D eigenvalue weighted by Gasteiger charge is 2.31. The van der Waals surface area contributed by atoms with Gasteiger partial charge in [-0.2, -0.15) is 0 Å². The molecule has 2 N–H and O–H groups in total. The summed E-state index contributed by atoms with van der Waals surface area (Å²) >= 11 is 0. The molecule has 0 bridgehead atoms. The van der Waals surface area contributed by atoms with E-state index in [1.54, 1.807) is 6.20 Å². The van der Waals surface area contributed by atoms with Crippen LogP contribution in [0.25, 0.3) is 10.9 Å². The van der Waals surface area contributed by atoms with E-state index < -0.39 is 12.1 Å². The molecule has 0 amide bonds. The lowest BCUT2D eigenvalue weighted by Gasteiger charge is -2.28. The first kappa shape index (κ1) is 15.5. The monoisotopic (exact) mass is 308 g/mol. The molecule has 0 aliphatic heterocycles. The van der Waals surface area contributed by atoms with Gasteiger partial charge in [0.1, 0.15) is 6.10 Å². The van der Waals surface area contributed by atoms with E-state index in [9.17, 15) is 9.90 Å². The number of aliphatic hydroxyl groups is 1. The van der Waals surface area contributed by atoms with Gasteiger partial charge in [0, 0.05) is 22.7 Å². The third-order valence-corrected chi connectivity index (χ3v) is 4.12. The highest BCUT2D eigenvalue weighted by atomic mass is 16.3. The molecule has 1 aromatic heterocycles. The van der Waals surface area contributed by atoms with Crippen LogP contribution in [-0.4, -0.2) is 41.0 Å². The maximum absolute atomic E-state index is 12.8. The summed E-state index contributed by atoms with van der Waals surface area (Å²) < 4.78 is 0. The number of para-hydroxylation sites is 1. The van der Waals surface area contributed by atoms with Crippen molar-refractivity contribution >= 4 is 16.7 Å². The average Bonchev–Trinajstić information content (AvgIpc) is 2.99. The number of fused-ring (bicyclic) bond motifs is 1. The summed E-state index contributed by atoms with van der Waals surface area (Å²) in [6.07, 6.45) is 0.542. The molecule has 4 nitrogen and oxygen atoms in total. The maximum Gasteiger partial charge on any atom is 0.195 e. The lowest BCUT2D eigenvalue weighted by atomic mass is 9.94. The van der Waals surface area contributed by atoms with Crippen molar-refractivity contribution in [1.82, 2.24) is 9.88 Å². The summed E-state index contributed by atoms with van der Waals surface area (Å²) in [4.78, 5) is 17.8. The Hall–Kier alpha value is -2.43. The molecule has 0 fully saturated rings. The van der Waals surface area contributed by atoms with Crippen molar-refractivity contribution < 1.29 is 9.90 Å². The molecule has 0 aliphatic rings. The predicted octanol–water partition coefficient (Wildman–Crippen LogP) is 3.01. The molecule has 0 aliphatic carbocycles. The van der Waals surface area contributed by atoms with Crippen molar-refractivity contribution in [2.75, 3.05) is 14.1 Å². The molecule has 2 unspecified atom stereocenters. The van der Waals surface area contributed by atoms with Crippen molar-refractivity contribution in [3.8, 4) is 0 Å². The molecule has 0 spiro atoms. The molecule has 3 aromatic rings. The third kappa shape index (κ3) is 2.91. The average molecular weight is 308 g/mol. The Morgan fingerprint density at radius 1 is 1.04 bits per heavy atom. The molecular weight excluding hydrogens is 288 g/mol. The first-order valence-corrected chi connectivity index (χ1v) is 7.59. The second-order valence-electron chi connectivity index (χ2n) is 5.88. The maximum atomic E-state index is 12.8. The van der Waals surface area contributed by atoms with Crippen LogP contribution in [0.5, 0.6) is 0 Å². The molecule has 118 valence electrons. The summed E-state index contributed by atoms with van der Waals surface area (Å²) in [6, 6.07) is 16.8. The van der Waals surface area contributed by atoms with Crippen molar-refractivity contribution in [1.29, 1.82) is 0 Å². The number of benzene rings is 2. The van der Waals surface area contributed by atoms with Gasteiger partial charge >= 0.3 is 0 Å². The van der Waals surface area contributed by atoms with E-state index in [4.69, 9.17) is 0 Å². The van der Waals surface area contributed by atoms with E-state index in [1.807, 2.05) is 73.6 Å². The second-order valence-corrected chi connectivity index (χ2v) is 5.88. The van der Waals surface area contributed by atoms with Crippen molar-refractivity contribution in [3.63, 3.8) is 0 Å². The smallest absolute Gasteiger partial charge is 0.195 e. The van der Waals surface area contributed by atoms with Crippen LogP contribution in [-0.2, 0) is 0 Å². The summed E-state index contributed by atoms with van der Waals surface area (Å²) in [5.41, 5.74) is 2.33. The number of aromatic amines is 1. The van der Waals surface area contributed by atoms with Gasteiger partial charge in [-0.05, 0) is 25.7 Å². The number of carbonyl (C=O) groups is 1. The number of rotatable bonds is 5. The van der Waals surface area contributed by atoms with Crippen molar-refractivity contribution in [3.05, 3.63) is 71.9 Å².